The van der Waals surface area contributed by atoms with Gasteiger partial charge in [-0.05, 0) is 12.1 Å². The van der Waals surface area contributed by atoms with Crippen LogP contribution in [0.1, 0.15) is 16.8 Å². The molecule has 0 aliphatic carbocycles. The molecule has 0 aromatic carbocycles. The highest BCUT2D eigenvalue weighted by atomic mass is 16.5. The molecule has 0 radical (unpaired) electrons. The van der Waals surface area contributed by atoms with Crippen molar-refractivity contribution in [3.63, 3.8) is 0 Å². The summed E-state index contributed by atoms with van der Waals surface area (Å²) in [5, 5.41) is 2.58. The summed E-state index contributed by atoms with van der Waals surface area (Å²) in [5.74, 6) is -0.0985. The van der Waals surface area contributed by atoms with Crippen LogP contribution in [-0.4, -0.2) is 74.9 Å². The van der Waals surface area contributed by atoms with Gasteiger partial charge in [0.1, 0.15) is 11.2 Å². The van der Waals surface area contributed by atoms with Crippen LogP contribution in [0.3, 0.4) is 0 Å². The Morgan fingerprint density at radius 1 is 1.46 bits per heavy atom. The maximum Gasteiger partial charge on any atom is 0.259 e. The van der Waals surface area contributed by atoms with E-state index in [-0.39, 0.29) is 37.3 Å². The van der Waals surface area contributed by atoms with Crippen LogP contribution in [0.4, 0.5) is 0 Å². The van der Waals surface area contributed by atoms with E-state index in [4.69, 9.17) is 14.2 Å². The van der Waals surface area contributed by atoms with Gasteiger partial charge in [-0.15, -0.1) is 0 Å². The Hall–Kier alpha value is -2.19. The van der Waals surface area contributed by atoms with Crippen molar-refractivity contribution in [3.8, 4) is 5.88 Å². The van der Waals surface area contributed by atoms with Gasteiger partial charge in [-0.3, -0.25) is 9.59 Å². The first kappa shape index (κ1) is 18.2. The predicted octanol–water partition coefficient (Wildman–Crippen LogP) is 0.0839. The van der Waals surface area contributed by atoms with Crippen molar-refractivity contribution >= 4 is 11.8 Å². The van der Waals surface area contributed by atoms with Crippen molar-refractivity contribution in [3.05, 3.63) is 23.9 Å². The summed E-state index contributed by atoms with van der Waals surface area (Å²) < 4.78 is 16.2. The zero-order valence-electron chi connectivity index (χ0n) is 14.2. The van der Waals surface area contributed by atoms with Crippen molar-refractivity contribution in [1.29, 1.82) is 0 Å². The van der Waals surface area contributed by atoms with Gasteiger partial charge in [0.15, 0.2) is 0 Å². The Morgan fingerprint density at radius 3 is 2.92 bits per heavy atom. The van der Waals surface area contributed by atoms with Crippen LogP contribution in [-0.2, 0) is 14.3 Å². The second kappa shape index (κ2) is 8.07. The van der Waals surface area contributed by atoms with Gasteiger partial charge in [-0.1, -0.05) is 0 Å². The molecule has 0 bridgehead atoms. The number of hydrogen-bond donors (Lipinski definition) is 1. The molecule has 0 spiro atoms. The third-order valence-corrected chi connectivity index (χ3v) is 3.90. The molecule has 8 nitrogen and oxygen atoms in total. The fraction of sp³-hybridized carbons (Fsp3) is 0.562. The summed E-state index contributed by atoms with van der Waals surface area (Å²) in [7, 11) is 4.58. The van der Waals surface area contributed by atoms with Gasteiger partial charge >= 0.3 is 0 Å². The summed E-state index contributed by atoms with van der Waals surface area (Å²) in [5.41, 5.74) is -0.480. The number of amides is 2. The van der Waals surface area contributed by atoms with E-state index < -0.39 is 5.60 Å². The SMILES string of the molecule is CNC(=O)CC1(COC)CN(C(=O)c2cccnc2OC)CCO1. The number of carbonyl (C=O) groups excluding carboxylic acids is 2. The number of carbonyl (C=O) groups is 2. The van der Waals surface area contributed by atoms with Gasteiger partial charge in [-0.25, -0.2) is 4.98 Å². The minimum Gasteiger partial charge on any atom is -0.480 e. The standard InChI is InChI=1S/C16H23N3O5/c1-17-13(20)9-16(11-22-2)10-19(7-8-24-16)15(21)12-5-4-6-18-14(12)23-3/h4-6H,7-11H2,1-3H3,(H,17,20). The molecule has 1 saturated heterocycles. The molecule has 1 atom stereocenters. The predicted molar refractivity (Wildman–Crippen MR) is 85.9 cm³/mol. The minimum absolute atomic E-state index is 0.116. The Balaban J connectivity index is 2.21. The zero-order chi connectivity index (χ0) is 17.6. The highest BCUT2D eigenvalue weighted by Crippen LogP contribution is 2.25. The first-order valence-electron chi connectivity index (χ1n) is 7.67. The summed E-state index contributed by atoms with van der Waals surface area (Å²) in [4.78, 5) is 30.4. The lowest BCUT2D eigenvalue weighted by atomic mass is 9.97. The number of pyridine rings is 1. The molecule has 1 aromatic rings. The number of morpholine rings is 1. The van der Waals surface area contributed by atoms with Crippen LogP contribution in [0.2, 0.25) is 0 Å². The van der Waals surface area contributed by atoms with Crippen LogP contribution < -0.4 is 10.1 Å². The number of aromatic nitrogens is 1. The van der Waals surface area contributed by atoms with Gasteiger partial charge in [0.2, 0.25) is 11.8 Å². The Kier molecular flexibility index (Phi) is 6.10. The summed E-state index contributed by atoms with van der Waals surface area (Å²) >= 11 is 0. The number of nitrogens with one attached hydrogen (secondary N) is 1. The Morgan fingerprint density at radius 2 is 2.25 bits per heavy atom. The molecule has 24 heavy (non-hydrogen) atoms. The average molecular weight is 337 g/mol. The molecule has 0 saturated carbocycles. The van der Waals surface area contributed by atoms with Crippen molar-refractivity contribution < 1.29 is 23.8 Å². The first-order valence-corrected chi connectivity index (χ1v) is 7.67. The second-order valence-electron chi connectivity index (χ2n) is 5.60. The van der Waals surface area contributed by atoms with Crippen LogP contribution in [0.5, 0.6) is 5.88 Å². The van der Waals surface area contributed by atoms with Gasteiger partial charge in [-0.2, -0.15) is 0 Å². The molecule has 1 aromatic heterocycles. The summed E-state index contributed by atoms with van der Waals surface area (Å²) in [6, 6.07) is 3.35. The van der Waals surface area contributed by atoms with Crippen molar-refractivity contribution in [1.82, 2.24) is 15.2 Å². The molecule has 2 heterocycles. The number of hydrogen-bond acceptors (Lipinski definition) is 6. The van der Waals surface area contributed by atoms with Crippen molar-refractivity contribution in [2.45, 2.75) is 12.0 Å². The van der Waals surface area contributed by atoms with Gasteiger partial charge in [0, 0.05) is 26.9 Å². The Bertz CT molecular complexity index is 591. The molecule has 1 aliphatic rings. The van der Waals surface area contributed by atoms with E-state index in [0.717, 1.165) is 0 Å². The number of methoxy groups -OCH3 is 2. The molecule has 2 rings (SSSR count). The lowest BCUT2D eigenvalue weighted by Crippen LogP contribution is -2.57. The normalized spacial score (nSPS) is 20.5. The molecular formula is C16H23N3O5. The van der Waals surface area contributed by atoms with Crippen LogP contribution in [0.25, 0.3) is 0 Å². The smallest absolute Gasteiger partial charge is 0.259 e. The molecule has 132 valence electrons. The van der Waals surface area contributed by atoms with Crippen molar-refractivity contribution in [2.24, 2.45) is 0 Å². The van der Waals surface area contributed by atoms with E-state index in [1.165, 1.54) is 7.11 Å². The van der Waals surface area contributed by atoms with Gasteiger partial charge < -0.3 is 24.4 Å². The van der Waals surface area contributed by atoms with Gasteiger partial charge in [0.25, 0.3) is 5.91 Å². The van der Waals surface area contributed by atoms with Crippen LogP contribution in [0, 0.1) is 0 Å². The highest BCUT2D eigenvalue weighted by Gasteiger charge is 2.41. The van der Waals surface area contributed by atoms with Gasteiger partial charge in [0.05, 0.1) is 33.3 Å². The molecular weight excluding hydrogens is 314 g/mol. The number of nitrogens with zero attached hydrogens (tertiary/aromatic N) is 2. The minimum atomic E-state index is -0.863. The number of ether oxygens (including phenoxy) is 3. The molecule has 1 fully saturated rings. The van der Waals surface area contributed by atoms with E-state index in [0.29, 0.717) is 18.7 Å². The molecule has 1 aliphatic heterocycles. The largest absolute Gasteiger partial charge is 0.480 e. The maximum atomic E-state index is 12.8. The first-order chi connectivity index (χ1) is 11.5. The summed E-state index contributed by atoms with van der Waals surface area (Å²) in [6.45, 7) is 1.23. The van der Waals surface area contributed by atoms with E-state index in [2.05, 4.69) is 10.3 Å². The fourth-order valence-electron chi connectivity index (χ4n) is 2.79. The lowest BCUT2D eigenvalue weighted by molar-refractivity contribution is -0.150. The highest BCUT2D eigenvalue weighted by molar-refractivity contribution is 5.96. The maximum absolute atomic E-state index is 12.8. The molecule has 8 heteroatoms. The fourth-order valence-corrected chi connectivity index (χ4v) is 2.79. The average Bonchev–Trinajstić information content (AvgIpc) is 2.61. The zero-order valence-corrected chi connectivity index (χ0v) is 14.2. The van der Waals surface area contributed by atoms with E-state index in [1.54, 1.807) is 37.4 Å². The Labute approximate surface area is 141 Å². The third-order valence-electron chi connectivity index (χ3n) is 3.90. The summed E-state index contributed by atoms with van der Waals surface area (Å²) in [6.07, 6.45) is 1.68. The monoisotopic (exact) mass is 337 g/mol. The van der Waals surface area contributed by atoms with Crippen LogP contribution >= 0.6 is 0 Å². The van der Waals surface area contributed by atoms with E-state index in [9.17, 15) is 9.59 Å². The number of rotatable bonds is 6. The van der Waals surface area contributed by atoms with Crippen molar-refractivity contribution in [2.75, 3.05) is 47.6 Å². The lowest BCUT2D eigenvalue weighted by Gasteiger charge is -2.42. The quantitative estimate of drug-likeness (QED) is 0.791. The second-order valence-corrected chi connectivity index (χ2v) is 5.60. The topological polar surface area (TPSA) is 90.0 Å². The van der Waals surface area contributed by atoms with Crippen LogP contribution in [0.15, 0.2) is 18.3 Å². The molecule has 2 amide bonds. The third kappa shape index (κ3) is 4.01. The molecule has 1 unspecified atom stereocenters. The van der Waals surface area contributed by atoms with E-state index >= 15 is 0 Å². The van der Waals surface area contributed by atoms with E-state index in [1.807, 2.05) is 0 Å². The molecule has 1 N–H and O–H groups in total.